The molecule has 0 aromatic heterocycles. The number of hydrogen-bond acceptors (Lipinski definition) is 3. The lowest BCUT2D eigenvalue weighted by Crippen LogP contribution is -2.24. The number of ether oxygens (including phenoxy) is 1. The third-order valence-electron chi connectivity index (χ3n) is 1.13. The zero-order chi connectivity index (χ0) is 11.2. The van der Waals surface area contributed by atoms with Gasteiger partial charge < -0.3 is 9.16 Å². The minimum Gasteiger partial charge on any atom is -0.547 e. The maximum Gasteiger partial charge on any atom is 0.334 e. The number of carbonyl (C=O) groups is 1. The first-order chi connectivity index (χ1) is 6.35. The molecule has 0 aliphatic carbocycles. The Bertz CT molecular complexity index is 238. The average Bonchev–Trinajstić information content (AvgIpc) is 1.96. The van der Waals surface area contributed by atoms with Gasteiger partial charge in [0.25, 0.3) is 0 Å². The molecule has 0 aromatic rings. The van der Waals surface area contributed by atoms with Gasteiger partial charge in [0.1, 0.15) is 6.61 Å². The summed E-state index contributed by atoms with van der Waals surface area (Å²) in [6.45, 7) is 11.6. The van der Waals surface area contributed by atoms with Crippen LogP contribution in [0.1, 0.15) is 6.92 Å². The molecule has 0 aliphatic heterocycles. The fourth-order valence-electron chi connectivity index (χ4n) is 0.861. The Morgan fingerprint density at radius 3 is 2.43 bits per heavy atom. The van der Waals surface area contributed by atoms with Crippen LogP contribution in [0.4, 0.5) is 0 Å². The minimum atomic E-state index is -1.61. The van der Waals surface area contributed by atoms with Crippen molar-refractivity contribution in [2.75, 3.05) is 6.61 Å². The Morgan fingerprint density at radius 1 is 1.43 bits per heavy atom. The van der Waals surface area contributed by atoms with Gasteiger partial charge in [0, 0.05) is 0 Å². The van der Waals surface area contributed by atoms with E-state index in [0.29, 0.717) is 5.76 Å². The normalized spacial score (nSPS) is 12.1. The number of esters is 1. The minimum absolute atomic E-state index is 0.232. The second kappa shape index (κ2) is 5.65. The molecule has 0 radical (unpaired) electrons. The second-order valence-corrected chi connectivity index (χ2v) is 8.32. The zero-order valence-corrected chi connectivity index (χ0v) is 10.3. The SMILES string of the molecule is C=CCOC(=O)C=C(C)O[Si](C)(C)C. The Balaban J connectivity index is 4.09. The Morgan fingerprint density at radius 2 is 2.00 bits per heavy atom. The van der Waals surface area contributed by atoms with E-state index in [1.807, 2.05) is 0 Å². The van der Waals surface area contributed by atoms with E-state index in [9.17, 15) is 4.79 Å². The summed E-state index contributed by atoms with van der Waals surface area (Å²) < 4.78 is 10.3. The number of allylic oxidation sites excluding steroid dienone is 1. The third-order valence-corrected chi connectivity index (χ3v) is 2.07. The third kappa shape index (κ3) is 7.61. The van der Waals surface area contributed by atoms with Crippen molar-refractivity contribution in [2.45, 2.75) is 26.6 Å². The quantitative estimate of drug-likeness (QED) is 0.232. The van der Waals surface area contributed by atoms with Crippen molar-refractivity contribution in [1.29, 1.82) is 0 Å². The van der Waals surface area contributed by atoms with Gasteiger partial charge >= 0.3 is 5.97 Å². The molecule has 0 fully saturated rings. The van der Waals surface area contributed by atoms with Crippen molar-refractivity contribution in [3.63, 3.8) is 0 Å². The van der Waals surface area contributed by atoms with Crippen molar-refractivity contribution in [1.82, 2.24) is 0 Å². The van der Waals surface area contributed by atoms with Gasteiger partial charge in [-0.25, -0.2) is 4.79 Å². The summed E-state index contributed by atoms with van der Waals surface area (Å²) in [6, 6.07) is 0. The van der Waals surface area contributed by atoms with Crippen LogP contribution in [-0.4, -0.2) is 20.9 Å². The second-order valence-electron chi connectivity index (χ2n) is 3.89. The molecule has 0 atom stereocenters. The topological polar surface area (TPSA) is 35.5 Å². The largest absolute Gasteiger partial charge is 0.547 e. The Labute approximate surface area is 86.5 Å². The summed E-state index contributed by atoms with van der Waals surface area (Å²) in [5, 5.41) is 0. The first kappa shape index (κ1) is 13.0. The van der Waals surface area contributed by atoms with Gasteiger partial charge in [0.2, 0.25) is 8.32 Å². The fraction of sp³-hybridized carbons (Fsp3) is 0.500. The molecular formula is C10H18O3Si. The molecule has 80 valence electrons. The number of hydrogen-bond donors (Lipinski definition) is 0. The first-order valence-electron chi connectivity index (χ1n) is 4.50. The zero-order valence-electron chi connectivity index (χ0n) is 9.29. The van der Waals surface area contributed by atoms with E-state index < -0.39 is 8.32 Å². The van der Waals surface area contributed by atoms with E-state index in [0.717, 1.165) is 0 Å². The number of rotatable bonds is 5. The predicted molar refractivity (Wildman–Crippen MR) is 59.3 cm³/mol. The summed E-state index contributed by atoms with van der Waals surface area (Å²) in [5.41, 5.74) is 0. The van der Waals surface area contributed by atoms with Crippen LogP contribution in [0, 0.1) is 0 Å². The van der Waals surface area contributed by atoms with Crippen molar-refractivity contribution in [2.24, 2.45) is 0 Å². The van der Waals surface area contributed by atoms with Crippen LogP contribution in [0.3, 0.4) is 0 Å². The maximum absolute atomic E-state index is 11.1. The molecule has 0 amide bonds. The molecule has 0 aliphatic rings. The summed E-state index contributed by atoms with van der Waals surface area (Å²) in [4.78, 5) is 11.1. The van der Waals surface area contributed by atoms with Gasteiger partial charge in [-0.3, -0.25) is 0 Å². The molecular weight excluding hydrogens is 196 g/mol. The predicted octanol–water partition coefficient (Wildman–Crippen LogP) is 2.47. The molecule has 0 spiro atoms. The van der Waals surface area contributed by atoms with Crippen LogP contribution in [0.5, 0.6) is 0 Å². The summed E-state index contributed by atoms with van der Waals surface area (Å²) in [5.74, 6) is 0.221. The van der Waals surface area contributed by atoms with Crippen molar-refractivity contribution in [3.05, 3.63) is 24.5 Å². The highest BCUT2D eigenvalue weighted by atomic mass is 28.4. The lowest BCUT2D eigenvalue weighted by atomic mass is 10.5. The first-order valence-corrected chi connectivity index (χ1v) is 7.91. The molecule has 3 nitrogen and oxygen atoms in total. The van der Waals surface area contributed by atoms with Crippen LogP contribution < -0.4 is 0 Å². The van der Waals surface area contributed by atoms with Gasteiger partial charge in [-0.2, -0.15) is 0 Å². The van der Waals surface area contributed by atoms with Gasteiger partial charge in [0.05, 0.1) is 11.8 Å². The van der Waals surface area contributed by atoms with Crippen LogP contribution in [0.2, 0.25) is 19.6 Å². The highest BCUT2D eigenvalue weighted by molar-refractivity contribution is 6.70. The van der Waals surface area contributed by atoms with E-state index in [1.165, 1.54) is 12.2 Å². The highest BCUT2D eigenvalue weighted by Crippen LogP contribution is 2.09. The summed E-state index contributed by atoms with van der Waals surface area (Å²) in [7, 11) is -1.61. The van der Waals surface area contributed by atoms with E-state index in [-0.39, 0.29) is 12.6 Å². The molecule has 0 bridgehead atoms. The Hall–Kier alpha value is -1.03. The van der Waals surface area contributed by atoms with Crippen molar-refractivity contribution < 1.29 is 14.0 Å². The smallest absolute Gasteiger partial charge is 0.334 e. The van der Waals surface area contributed by atoms with Gasteiger partial charge in [-0.15, -0.1) is 0 Å². The van der Waals surface area contributed by atoms with E-state index >= 15 is 0 Å². The molecule has 14 heavy (non-hydrogen) atoms. The van der Waals surface area contributed by atoms with Gasteiger partial charge in [0.15, 0.2) is 0 Å². The van der Waals surface area contributed by atoms with E-state index in [4.69, 9.17) is 9.16 Å². The lowest BCUT2D eigenvalue weighted by Gasteiger charge is -2.19. The van der Waals surface area contributed by atoms with Crippen molar-refractivity contribution >= 4 is 14.3 Å². The molecule has 0 aromatic carbocycles. The standard InChI is InChI=1S/C10H18O3Si/c1-6-7-12-10(11)8-9(2)13-14(3,4)5/h6,8H,1,7H2,2-5H3. The Kier molecular flexibility index (Phi) is 5.23. The van der Waals surface area contributed by atoms with Crippen molar-refractivity contribution in [3.8, 4) is 0 Å². The fourth-order valence-corrected chi connectivity index (χ4v) is 1.89. The summed E-state index contributed by atoms with van der Waals surface area (Å²) in [6.07, 6.45) is 2.89. The molecule has 0 saturated carbocycles. The van der Waals surface area contributed by atoms with Gasteiger partial charge in [-0.05, 0) is 26.6 Å². The number of carbonyl (C=O) groups excluding carboxylic acids is 1. The molecule has 0 unspecified atom stereocenters. The average molecular weight is 214 g/mol. The van der Waals surface area contributed by atoms with E-state index in [2.05, 4.69) is 26.2 Å². The molecule has 0 N–H and O–H groups in total. The summed E-state index contributed by atoms with van der Waals surface area (Å²) >= 11 is 0. The lowest BCUT2D eigenvalue weighted by molar-refractivity contribution is -0.136. The van der Waals surface area contributed by atoms with Gasteiger partial charge in [-0.1, -0.05) is 12.7 Å². The van der Waals surface area contributed by atoms with Crippen LogP contribution >= 0.6 is 0 Å². The maximum atomic E-state index is 11.1. The van der Waals surface area contributed by atoms with E-state index in [1.54, 1.807) is 6.92 Å². The molecule has 0 heterocycles. The van der Waals surface area contributed by atoms with Crippen LogP contribution in [-0.2, 0) is 14.0 Å². The van der Waals surface area contributed by atoms with Crippen LogP contribution in [0.15, 0.2) is 24.5 Å². The molecule has 0 saturated heterocycles. The van der Waals surface area contributed by atoms with Crippen LogP contribution in [0.25, 0.3) is 0 Å². The molecule has 0 rings (SSSR count). The highest BCUT2D eigenvalue weighted by Gasteiger charge is 2.16. The molecule has 4 heteroatoms. The monoisotopic (exact) mass is 214 g/mol.